The molecule has 0 bridgehead atoms. The van der Waals surface area contributed by atoms with Crippen LogP contribution in [0.3, 0.4) is 0 Å². The SMILES string of the molecule is CCOC(C)(CCNC)OCC. The van der Waals surface area contributed by atoms with Gasteiger partial charge in [0.2, 0.25) is 0 Å². The summed E-state index contributed by atoms with van der Waals surface area (Å²) < 4.78 is 11.0. The fraction of sp³-hybridized carbons (Fsp3) is 1.00. The van der Waals surface area contributed by atoms with Gasteiger partial charge in [-0.15, -0.1) is 0 Å². The lowest BCUT2D eigenvalue weighted by Gasteiger charge is -2.29. The van der Waals surface area contributed by atoms with E-state index in [0.29, 0.717) is 13.2 Å². The number of nitrogens with one attached hydrogen (secondary N) is 1. The second-order valence-electron chi connectivity index (χ2n) is 2.85. The van der Waals surface area contributed by atoms with Crippen LogP contribution in [0.25, 0.3) is 0 Å². The van der Waals surface area contributed by atoms with Crippen LogP contribution in [0.1, 0.15) is 27.2 Å². The minimum Gasteiger partial charge on any atom is -0.350 e. The zero-order valence-electron chi connectivity index (χ0n) is 8.64. The number of hydrogen-bond acceptors (Lipinski definition) is 3. The van der Waals surface area contributed by atoms with Gasteiger partial charge in [0.25, 0.3) is 0 Å². The molecule has 0 heterocycles. The average Bonchev–Trinajstić information content (AvgIpc) is 2.02. The van der Waals surface area contributed by atoms with Crippen LogP contribution >= 0.6 is 0 Å². The summed E-state index contributed by atoms with van der Waals surface area (Å²) in [6.07, 6.45) is 0.880. The van der Waals surface area contributed by atoms with E-state index in [1.807, 2.05) is 27.8 Å². The molecule has 0 aromatic rings. The summed E-state index contributed by atoms with van der Waals surface area (Å²) in [6.45, 7) is 8.25. The number of rotatable bonds is 7. The van der Waals surface area contributed by atoms with Gasteiger partial charge in [0.05, 0.1) is 0 Å². The largest absolute Gasteiger partial charge is 0.350 e. The third-order valence-corrected chi connectivity index (χ3v) is 1.73. The van der Waals surface area contributed by atoms with Crippen molar-refractivity contribution in [1.29, 1.82) is 0 Å². The average molecular weight is 175 g/mol. The lowest BCUT2D eigenvalue weighted by atomic mass is 10.2. The van der Waals surface area contributed by atoms with Gasteiger partial charge in [0.15, 0.2) is 5.79 Å². The molecule has 1 N–H and O–H groups in total. The van der Waals surface area contributed by atoms with E-state index in [2.05, 4.69) is 5.32 Å². The van der Waals surface area contributed by atoms with Crippen LogP contribution in [0.5, 0.6) is 0 Å². The Hall–Kier alpha value is -0.120. The minimum absolute atomic E-state index is 0.410. The summed E-state index contributed by atoms with van der Waals surface area (Å²) in [5.74, 6) is -0.410. The molecule has 0 unspecified atom stereocenters. The highest BCUT2D eigenvalue weighted by Gasteiger charge is 2.23. The molecule has 0 saturated carbocycles. The number of ether oxygens (including phenoxy) is 2. The van der Waals surface area contributed by atoms with Crippen molar-refractivity contribution in [2.24, 2.45) is 0 Å². The second-order valence-corrected chi connectivity index (χ2v) is 2.85. The third-order valence-electron chi connectivity index (χ3n) is 1.73. The highest BCUT2D eigenvalue weighted by Crippen LogP contribution is 2.16. The first-order valence-electron chi connectivity index (χ1n) is 4.61. The van der Waals surface area contributed by atoms with Gasteiger partial charge in [0.1, 0.15) is 0 Å². The van der Waals surface area contributed by atoms with Crippen molar-refractivity contribution >= 4 is 0 Å². The molecule has 0 aliphatic carbocycles. The molecule has 0 spiro atoms. The molecular formula is C9H21NO2. The highest BCUT2D eigenvalue weighted by atomic mass is 16.7. The van der Waals surface area contributed by atoms with Crippen molar-refractivity contribution in [2.45, 2.75) is 33.0 Å². The maximum absolute atomic E-state index is 5.51. The summed E-state index contributed by atoms with van der Waals surface area (Å²) in [5.41, 5.74) is 0. The normalized spacial score (nSPS) is 12.0. The van der Waals surface area contributed by atoms with Crippen molar-refractivity contribution in [3.8, 4) is 0 Å². The Bertz CT molecular complexity index is 101. The van der Waals surface area contributed by atoms with Gasteiger partial charge in [-0.2, -0.15) is 0 Å². The topological polar surface area (TPSA) is 30.5 Å². The monoisotopic (exact) mass is 175 g/mol. The standard InChI is InChI=1S/C9H21NO2/c1-5-11-9(3,12-6-2)7-8-10-4/h10H,5-8H2,1-4H3. The first kappa shape index (κ1) is 11.9. The van der Waals surface area contributed by atoms with Crippen molar-refractivity contribution in [3.05, 3.63) is 0 Å². The van der Waals surface area contributed by atoms with Gasteiger partial charge in [-0.1, -0.05) is 0 Å². The Morgan fingerprint density at radius 3 is 2.00 bits per heavy atom. The van der Waals surface area contributed by atoms with Crippen LogP contribution in [-0.2, 0) is 9.47 Å². The molecule has 0 fully saturated rings. The van der Waals surface area contributed by atoms with Crippen molar-refractivity contribution in [2.75, 3.05) is 26.8 Å². The second kappa shape index (κ2) is 6.40. The maximum atomic E-state index is 5.51. The summed E-state index contributed by atoms with van der Waals surface area (Å²) in [6, 6.07) is 0. The molecule has 0 amide bonds. The Morgan fingerprint density at radius 2 is 1.67 bits per heavy atom. The summed E-state index contributed by atoms with van der Waals surface area (Å²) in [7, 11) is 1.93. The Labute approximate surface area is 75.4 Å². The van der Waals surface area contributed by atoms with Gasteiger partial charge >= 0.3 is 0 Å². The first-order chi connectivity index (χ1) is 5.68. The van der Waals surface area contributed by atoms with E-state index in [-0.39, 0.29) is 0 Å². The zero-order valence-corrected chi connectivity index (χ0v) is 8.64. The molecular weight excluding hydrogens is 154 g/mol. The van der Waals surface area contributed by atoms with Gasteiger partial charge in [0, 0.05) is 19.6 Å². The zero-order chi connectivity index (χ0) is 9.45. The molecule has 0 aliphatic heterocycles. The third kappa shape index (κ3) is 4.70. The molecule has 12 heavy (non-hydrogen) atoms. The molecule has 0 saturated heterocycles. The van der Waals surface area contributed by atoms with Crippen LogP contribution in [-0.4, -0.2) is 32.6 Å². The Morgan fingerprint density at radius 1 is 1.17 bits per heavy atom. The van der Waals surface area contributed by atoms with Crippen LogP contribution in [0, 0.1) is 0 Å². The predicted molar refractivity (Wildman–Crippen MR) is 50.2 cm³/mol. The Balaban J connectivity index is 3.80. The van der Waals surface area contributed by atoms with E-state index in [1.165, 1.54) is 0 Å². The summed E-state index contributed by atoms with van der Waals surface area (Å²) in [5, 5.41) is 3.08. The predicted octanol–water partition coefficient (Wildman–Crippen LogP) is 1.39. The molecule has 0 atom stereocenters. The first-order valence-corrected chi connectivity index (χ1v) is 4.61. The molecule has 0 radical (unpaired) electrons. The molecule has 0 rings (SSSR count). The van der Waals surface area contributed by atoms with Gasteiger partial charge < -0.3 is 14.8 Å². The highest BCUT2D eigenvalue weighted by molar-refractivity contribution is 4.63. The van der Waals surface area contributed by atoms with Gasteiger partial charge in [-0.3, -0.25) is 0 Å². The van der Waals surface area contributed by atoms with E-state index in [1.54, 1.807) is 0 Å². The molecule has 3 heteroatoms. The van der Waals surface area contributed by atoms with E-state index in [0.717, 1.165) is 13.0 Å². The van der Waals surface area contributed by atoms with E-state index in [9.17, 15) is 0 Å². The van der Waals surface area contributed by atoms with Crippen molar-refractivity contribution < 1.29 is 9.47 Å². The van der Waals surface area contributed by atoms with Gasteiger partial charge in [-0.05, 0) is 34.4 Å². The summed E-state index contributed by atoms with van der Waals surface area (Å²) in [4.78, 5) is 0. The molecule has 0 aliphatic rings. The Kier molecular flexibility index (Phi) is 6.34. The van der Waals surface area contributed by atoms with E-state index < -0.39 is 5.79 Å². The maximum Gasteiger partial charge on any atom is 0.166 e. The van der Waals surface area contributed by atoms with Crippen molar-refractivity contribution in [1.82, 2.24) is 5.32 Å². The fourth-order valence-electron chi connectivity index (χ4n) is 1.15. The van der Waals surface area contributed by atoms with E-state index >= 15 is 0 Å². The van der Waals surface area contributed by atoms with Gasteiger partial charge in [-0.25, -0.2) is 0 Å². The molecule has 0 aromatic carbocycles. The lowest BCUT2D eigenvalue weighted by Crippen LogP contribution is -2.35. The molecule has 0 aromatic heterocycles. The fourth-order valence-corrected chi connectivity index (χ4v) is 1.15. The van der Waals surface area contributed by atoms with Crippen LogP contribution in [0.2, 0.25) is 0 Å². The van der Waals surface area contributed by atoms with Crippen LogP contribution < -0.4 is 5.32 Å². The quantitative estimate of drug-likeness (QED) is 0.593. The summed E-state index contributed by atoms with van der Waals surface area (Å²) >= 11 is 0. The smallest absolute Gasteiger partial charge is 0.166 e. The van der Waals surface area contributed by atoms with Crippen LogP contribution in [0.4, 0.5) is 0 Å². The van der Waals surface area contributed by atoms with Crippen molar-refractivity contribution in [3.63, 3.8) is 0 Å². The van der Waals surface area contributed by atoms with Crippen LogP contribution in [0.15, 0.2) is 0 Å². The minimum atomic E-state index is -0.410. The molecule has 3 nitrogen and oxygen atoms in total. The van der Waals surface area contributed by atoms with E-state index in [4.69, 9.17) is 9.47 Å². The molecule has 74 valence electrons. The lowest BCUT2D eigenvalue weighted by molar-refractivity contribution is -0.223. The number of hydrogen-bond donors (Lipinski definition) is 1.